The molecule has 4 aromatic carbocycles. The van der Waals surface area contributed by atoms with Gasteiger partial charge in [0.1, 0.15) is 35.2 Å². The van der Waals surface area contributed by atoms with E-state index >= 15 is 0 Å². The Morgan fingerprint density at radius 2 is 1.59 bits per heavy atom. The van der Waals surface area contributed by atoms with Crippen molar-refractivity contribution in [2.24, 2.45) is 0 Å². The maximum atomic E-state index is 14.9. The van der Waals surface area contributed by atoms with Crippen LogP contribution in [0.2, 0.25) is 0 Å². The second-order valence-electron chi connectivity index (χ2n) is 20.8. The van der Waals surface area contributed by atoms with Crippen LogP contribution in [0.5, 0.6) is 0 Å². The third kappa shape index (κ3) is 14.6. The standard InChI is InChI=1S/C56H69F3N10O8.3ClH/c1-32-26-67(41(24-61-32)28-66-19-20-77-30-33(66)2)29-48(71)69-31-56(5,43-18-13-37(22-46(43)69)21-36-11-15-39(57)16-12-36)55(75)62-25-47(70)63-40-17-14-38-27-68(54(74)49(35(4)76-7)64-52(72)34(3)60-6)51(42(38)23-40)53(73)65-50-44(58)9-8-10-45(50)59;;;/h8-18,22-23,32-35,41,49,51,60-61H,19-21,24-31H2,1-7H3,(H,62,75)(H,63,70)(H,64,72)(H,65,73);3*1H/t32-,33-,34?,35?,41-,49?,51+,56-;;;/m1.../s1. The number of carbonyl (C=O) groups excluding carboxylic acids is 6. The molecule has 24 heteroatoms. The Morgan fingerprint density at radius 3 is 2.26 bits per heavy atom. The molecule has 4 aromatic rings. The molecule has 18 nitrogen and oxygen atoms in total. The van der Waals surface area contributed by atoms with Gasteiger partial charge < -0.3 is 51.2 Å². The zero-order valence-electron chi connectivity index (χ0n) is 45.7. The van der Waals surface area contributed by atoms with Gasteiger partial charge in [-0.05, 0) is 118 Å². The number of methoxy groups -OCH3 is 1. The Hall–Kier alpha value is -5.88. The number of benzene rings is 4. The number of carbonyl (C=O) groups is 6. The van der Waals surface area contributed by atoms with E-state index in [4.69, 9.17) is 9.47 Å². The van der Waals surface area contributed by atoms with Crippen LogP contribution in [0.4, 0.5) is 30.2 Å². The molecule has 8 atom stereocenters. The second-order valence-corrected chi connectivity index (χ2v) is 20.8. The number of hydrogen-bond donors (Lipinski definition) is 6. The third-order valence-electron chi connectivity index (χ3n) is 15.3. The van der Waals surface area contributed by atoms with Crippen LogP contribution in [-0.4, -0.2) is 160 Å². The normalized spacial score (nSPS) is 21.7. The first-order valence-corrected chi connectivity index (χ1v) is 26.0. The summed E-state index contributed by atoms with van der Waals surface area (Å²) in [5.74, 6) is -6.02. The molecule has 8 rings (SSSR count). The first-order valence-electron chi connectivity index (χ1n) is 26.0. The largest absolute Gasteiger partial charge is 0.379 e. The predicted molar refractivity (Wildman–Crippen MR) is 305 cm³/mol. The summed E-state index contributed by atoms with van der Waals surface area (Å²) in [4.78, 5) is 92.3. The molecule has 0 aliphatic carbocycles. The van der Waals surface area contributed by atoms with Crippen LogP contribution in [-0.2, 0) is 56.6 Å². The van der Waals surface area contributed by atoms with Gasteiger partial charge in [-0.2, -0.15) is 0 Å². The molecule has 2 saturated heterocycles. The van der Waals surface area contributed by atoms with E-state index in [2.05, 4.69) is 55.5 Å². The van der Waals surface area contributed by atoms with Crippen LogP contribution in [0.3, 0.4) is 0 Å². The highest BCUT2D eigenvalue weighted by atomic mass is 35.5. The number of amides is 6. The smallest absolute Gasteiger partial charge is 0.252 e. The number of piperazine rings is 1. The van der Waals surface area contributed by atoms with Gasteiger partial charge in [0.05, 0.1) is 43.9 Å². The first kappa shape index (κ1) is 64.9. The Kier molecular flexibility index (Phi) is 22.9. The zero-order chi connectivity index (χ0) is 55.3. The topological polar surface area (TPSA) is 206 Å². The molecule has 436 valence electrons. The average molecular weight is 1180 g/mol. The van der Waals surface area contributed by atoms with Gasteiger partial charge in [-0.15, -0.1) is 37.2 Å². The summed E-state index contributed by atoms with van der Waals surface area (Å²) in [7, 11) is 2.93. The number of morpholine rings is 1. The van der Waals surface area contributed by atoms with E-state index in [0.29, 0.717) is 49.5 Å². The van der Waals surface area contributed by atoms with Gasteiger partial charge in [-0.3, -0.25) is 38.6 Å². The lowest BCUT2D eigenvalue weighted by molar-refractivity contribution is -0.145. The number of nitrogens with zero attached hydrogens (tertiary/aromatic N) is 4. The van der Waals surface area contributed by atoms with E-state index in [1.807, 2.05) is 18.2 Å². The SMILES string of the molecule is CNC(C)C(=O)NC(C(=O)N1Cc2ccc(NC(=O)CNC(=O)[C@]3(C)CN(C(=O)CN4C[C@@H](C)NC[C@@H]4CN4CCOC[C@H]4C)c4cc(Cc5ccc(F)cc5)ccc43)cc2[C@H]1C(=O)Nc1c(F)cccc1F)C(C)OC.Cl.Cl.Cl. The molecular weight excluding hydrogens is 1100 g/mol. The fourth-order valence-electron chi connectivity index (χ4n) is 10.6. The summed E-state index contributed by atoms with van der Waals surface area (Å²) in [5, 5.41) is 16.9. The van der Waals surface area contributed by atoms with Crippen molar-refractivity contribution in [1.29, 1.82) is 0 Å². The molecule has 6 amide bonds. The molecule has 4 aliphatic heterocycles. The summed E-state index contributed by atoms with van der Waals surface area (Å²) in [6.45, 7) is 12.7. The number of nitrogens with one attached hydrogen (secondary N) is 6. The summed E-state index contributed by atoms with van der Waals surface area (Å²) in [6.07, 6.45) is -0.433. The highest BCUT2D eigenvalue weighted by molar-refractivity contribution is 6.05. The van der Waals surface area contributed by atoms with Crippen LogP contribution in [0.25, 0.3) is 0 Å². The quantitative estimate of drug-likeness (QED) is 0.0792. The number of rotatable bonds is 18. The van der Waals surface area contributed by atoms with Crippen LogP contribution >= 0.6 is 37.2 Å². The number of hydrogen-bond acceptors (Lipinski definition) is 12. The zero-order valence-corrected chi connectivity index (χ0v) is 48.2. The molecule has 0 radical (unpaired) electrons. The Bertz CT molecular complexity index is 2860. The van der Waals surface area contributed by atoms with Gasteiger partial charge in [-0.1, -0.05) is 36.4 Å². The Morgan fingerprint density at radius 1 is 0.887 bits per heavy atom. The lowest BCUT2D eigenvalue weighted by atomic mass is 9.83. The molecule has 0 saturated carbocycles. The number of anilines is 3. The summed E-state index contributed by atoms with van der Waals surface area (Å²) in [5.41, 5.74) is 1.71. The van der Waals surface area contributed by atoms with Crippen molar-refractivity contribution in [2.75, 3.05) is 88.7 Å². The van der Waals surface area contributed by atoms with Crippen LogP contribution in [0, 0.1) is 17.5 Å². The van der Waals surface area contributed by atoms with Crippen molar-refractivity contribution in [3.05, 3.63) is 124 Å². The molecule has 6 N–H and O–H groups in total. The highest BCUT2D eigenvalue weighted by Gasteiger charge is 2.48. The predicted octanol–water partition coefficient (Wildman–Crippen LogP) is 4.85. The van der Waals surface area contributed by atoms with Gasteiger partial charge in [0.25, 0.3) is 5.91 Å². The van der Waals surface area contributed by atoms with Gasteiger partial charge >= 0.3 is 0 Å². The van der Waals surface area contributed by atoms with Crippen molar-refractivity contribution >= 4 is 89.7 Å². The van der Waals surface area contributed by atoms with Crippen molar-refractivity contribution in [3.63, 3.8) is 0 Å². The Balaban J connectivity index is 0.00000392. The monoisotopic (exact) mass is 1170 g/mol. The lowest BCUT2D eigenvalue weighted by Crippen LogP contribution is -2.62. The summed E-state index contributed by atoms with van der Waals surface area (Å²) in [6, 6.07) is 16.4. The van der Waals surface area contributed by atoms with Gasteiger partial charge in [-0.25, -0.2) is 13.2 Å². The van der Waals surface area contributed by atoms with Crippen molar-refractivity contribution in [3.8, 4) is 0 Å². The Labute approximate surface area is 483 Å². The van der Waals surface area contributed by atoms with E-state index < -0.39 is 83.0 Å². The van der Waals surface area contributed by atoms with Crippen LogP contribution in [0.15, 0.2) is 78.9 Å². The maximum absolute atomic E-state index is 14.9. The fourth-order valence-corrected chi connectivity index (χ4v) is 10.6. The molecule has 4 aliphatic rings. The molecule has 0 aromatic heterocycles. The molecule has 4 heterocycles. The minimum Gasteiger partial charge on any atom is -0.379 e. The first-order chi connectivity index (χ1) is 36.8. The van der Waals surface area contributed by atoms with E-state index in [0.717, 1.165) is 42.4 Å². The molecule has 0 bridgehead atoms. The molecular formula is C56H72Cl3F3N10O8. The van der Waals surface area contributed by atoms with Crippen molar-refractivity contribution < 1.29 is 51.4 Å². The minimum atomic E-state index is -1.50. The molecule has 2 fully saturated rings. The number of likely N-dealkylation sites (N-methyl/N-ethyl adjacent to an activating group) is 1. The number of para-hydroxylation sites is 1. The third-order valence-corrected chi connectivity index (χ3v) is 15.3. The second kappa shape index (κ2) is 28.2. The average Bonchev–Trinajstić information content (AvgIpc) is 4.06. The van der Waals surface area contributed by atoms with Gasteiger partial charge in [0.15, 0.2) is 0 Å². The molecule has 3 unspecified atom stereocenters. The molecule has 0 spiro atoms. The fraction of sp³-hybridized carbons (Fsp3) is 0.464. The van der Waals surface area contributed by atoms with Gasteiger partial charge in [0, 0.05) is 75.9 Å². The summed E-state index contributed by atoms with van der Waals surface area (Å²) < 4.78 is 54.9. The summed E-state index contributed by atoms with van der Waals surface area (Å²) >= 11 is 0. The highest BCUT2D eigenvalue weighted by Crippen LogP contribution is 2.43. The van der Waals surface area contributed by atoms with Crippen LogP contribution in [0.1, 0.15) is 68.5 Å². The van der Waals surface area contributed by atoms with E-state index in [-0.39, 0.29) is 98.0 Å². The van der Waals surface area contributed by atoms with Gasteiger partial charge in [0.2, 0.25) is 29.5 Å². The molecule has 80 heavy (non-hydrogen) atoms. The van der Waals surface area contributed by atoms with Crippen molar-refractivity contribution in [1.82, 2.24) is 36.0 Å². The van der Waals surface area contributed by atoms with E-state index in [9.17, 15) is 41.9 Å². The van der Waals surface area contributed by atoms with Crippen molar-refractivity contribution in [2.45, 2.75) is 95.4 Å². The van der Waals surface area contributed by atoms with Crippen LogP contribution < -0.4 is 36.8 Å². The van der Waals surface area contributed by atoms with E-state index in [1.165, 1.54) is 30.2 Å². The minimum absolute atomic E-state index is 0. The number of ether oxygens (including phenoxy) is 2. The lowest BCUT2D eigenvalue weighted by Gasteiger charge is -2.43. The van der Waals surface area contributed by atoms with E-state index in [1.54, 1.807) is 57.0 Å². The number of halogens is 6. The maximum Gasteiger partial charge on any atom is 0.252 e. The number of fused-ring (bicyclic) bond motifs is 2.